The first kappa shape index (κ1) is 11.1. The standard InChI is InChI=1S/C9H18N4O/c1-9(2,3)7(6-14)5-8-10-12-13(4)11-8/h7,14H,5-6H2,1-4H3. The van der Waals surface area contributed by atoms with Gasteiger partial charge in [0.2, 0.25) is 0 Å². The van der Waals surface area contributed by atoms with Crippen LogP contribution in [0.3, 0.4) is 0 Å². The summed E-state index contributed by atoms with van der Waals surface area (Å²) in [6.07, 6.45) is 0.674. The maximum absolute atomic E-state index is 9.25. The first-order valence-corrected chi connectivity index (χ1v) is 4.77. The van der Waals surface area contributed by atoms with E-state index in [0.717, 1.165) is 0 Å². The zero-order valence-electron chi connectivity index (χ0n) is 9.23. The predicted octanol–water partition coefficient (Wildman–Crippen LogP) is 0.407. The van der Waals surface area contributed by atoms with Crippen molar-refractivity contribution in [3.05, 3.63) is 5.82 Å². The van der Waals surface area contributed by atoms with E-state index < -0.39 is 0 Å². The van der Waals surface area contributed by atoms with Crippen molar-refractivity contribution in [2.45, 2.75) is 27.2 Å². The van der Waals surface area contributed by atoms with Crippen LogP contribution in [0, 0.1) is 11.3 Å². The molecule has 14 heavy (non-hydrogen) atoms. The highest BCUT2D eigenvalue weighted by atomic mass is 16.3. The molecule has 0 spiro atoms. The summed E-state index contributed by atoms with van der Waals surface area (Å²) < 4.78 is 0. The summed E-state index contributed by atoms with van der Waals surface area (Å²) in [5.41, 5.74) is 0.0634. The summed E-state index contributed by atoms with van der Waals surface area (Å²) in [6.45, 7) is 6.46. The molecule has 0 saturated carbocycles. The maximum Gasteiger partial charge on any atom is 0.175 e. The highest BCUT2D eigenvalue weighted by Gasteiger charge is 2.25. The van der Waals surface area contributed by atoms with E-state index in [-0.39, 0.29) is 17.9 Å². The number of hydrogen-bond donors (Lipinski definition) is 1. The van der Waals surface area contributed by atoms with Crippen LogP contribution in [0.25, 0.3) is 0 Å². The number of aliphatic hydroxyl groups excluding tert-OH is 1. The molecule has 1 aromatic heterocycles. The minimum Gasteiger partial charge on any atom is -0.396 e. The Hall–Kier alpha value is -0.970. The molecule has 1 rings (SSSR count). The fourth-order valence-electron chi connectivity index (χ4n) is 1.27. The van der Waals surface area contributed by atoms with E-state index >= 15 is 0 Å². The van der Waals surface area contributed by atoms with Crippen LogP contribution in [0.5, 0.6) is 0 Å². The minimum atomic E-state index is 0.0634. The molecule has 0 bridgehead atoms. The van der Waals surface area contributed by atoms with E-state index in [1.807, 2.05) is 0 Å². The van der Waals surface area contributed by atoms with Gasteiger partial charge in [0.05, 0.1) is 7.05 Å². The van der Waals surface area contributed by atoms with Crippen molar-refractivity contribution in [3.63, 3.8) is 0 Å². The summed E-state index contributed by atoms with van der Waals surface area (Å²) >= 11 is 0. The molecular weight excluding hydrogens is 180 g/mol. The lowest BCUT2D eigenvalue weighted by atomic mass is 9.79. The molecule has 1 atom stereocenters. The molecule has 0 aromatic carbocycles. The third-order valence-electron chi connectivity index (χ3n) is 2.42. The molecule has 0 aliphatic rings. The molecule has 0 aliphatic carbocycles. The molecule has 0 saturated heterocycles. The molecule has 1 aromatic rings. The molecular formula is C9H18N4O. The lowest BCUT2D eigenvalue weighted by molar-refractivity contribution is 0.129. The molecule has 1 unspecified atom stereocenters. The summed E-state index contributed by atoms with van der Waals surface area (Å²) in [5, 5.41) is 21.0. The average molecular weight is 198 g/mol. The van der Waals surface area contributed by atoms with Gasteiger partial charge < -0.3 is 5.11 Å². The highest BCUT2D eigenvalue weighted by molar-refractivity contribution is 4.85. The van der Waals surface area contributed by atoms with Crippen molar-refractivity contribution in [2.24, 2.45) is 18.4 Å². The van der Waals surface area contributed by atoms with Crippen LogP contribution < -0.4 is 0 Å². The number of nitrogens with zero attached hydrogens (tertiary/aromatic N) is 4. The normalized spacial score (nSPS) is 14.4. The predicted molar refractivity (Wildman–Crippen MR) is 52.5 cm³/mol. The van der Waals surface area contributed by atoms with Crippen LogP contribution in [-0.2, 0) is 13.5 Å². The van der Waals surface area contributed by atoms with Crippen LogP contribution in [0.2, 0.25) is 0 Å². The first-order valence-electron chi connectivity index (χ1n) is 4.77. The highest BCUT2D eigenvalue weighted by Crippen LogP contribution is 2.27. The van der Waals surface area contributed by atoms with Crippen LogP contribution in [0.4, 0.5) is 0 Å². The van der Waals surface area contributed by atoms with Gasteiger partial charge in [-0.15, -0.1) is 10.2 Å². The Morgan fingerprint density at radius 3 is 2.43 bits per heavy atom. The van der Waals surface area contributed by atoms with Gasteiger partial charge in [0.1, 0.15) is 0 Å². The van der Waals surface area contributed by atoms with Gasteiger partial charge in [-0.05, 0) is 16.5 Å². The van der Waals surface area contributed by atoms with E-state index in [2.05, 4.69) is 36.2 Å². The monoisotopic (exact) mass is 198 g/mol. The molecule has 0 aliphatic heterocycles. The Labute approximate surface area is 84.1 Å². The molecule has 0 fully saturated rings. The lowest BCUT2D eigenvalue weighted by Crippen LogP contribution is -2.26. The van der Waals surface area contributed by atoms with Crippen molar-refractivity contribution in [1.82, 2.24) is 20.2 Å². The van der Waals surface area contributed by atoms with E-state index in [1.165, 1.54) is 4.80 Å². The second-order valence-electron chi connectivity index (χ2n) is 4.64. The van der Waals surface area contributed by atoms with Crippen LogP contribution in [-0.4, -0.2) is 31.9 Å². The fourth-order valence-corrected chi connectivity index (χ4v) is 1.27. The minimum absolute atomic E-state index is 0.0634. The Bertz CT molecular complexity index is 289. The van der Waals surface area contributed by atoms with E-state index in [9.17, 15) is 5.11 Å². The number of rotatable bonds is 3. The van der Waals surface area contributed by atoms with Crippen LogP contribution in [0.15, 0.2) is 0 Å². The van der Waals surface area contributed by atoms with Gasteiger partial charge in [0, 0.05) is 13.0 Å². The van der Waals surface area contributed by atoms with Gasteiger partial charge in [-0.1, -0.05) is 20.8 Å². The molecule has 80 valence electrons. The topological polar surface area (TPSA) is 63.8 Å². The van der Waals surface area contributed by atoms with Gasteiger partial charge in [0.25, 0.3) is 0 Å². The van der Waals surface area contributed by atoms with E-state index in [4.69, 9.17) is 0 Å². The third-order valence-corrected chi connectivity index (χ3v) is 2.42. The lowest BCUT2D eigenvalue weighted by Gasteiger charge is -2.27. The molecule has 1 heterocycles. The smallest absolute Gasteiger partial charge is 0.175 e. The van der Waals surface area contributed by atoms with Crippen LogP contribution in [0.1, 0.15) is 26.6 Å². The third kappa shape index (κ3) is 2.77. The fraction of sp³-hybridized carbons (Fsp3) is 0.889. The van der Waals surface area contributed by atoms with E-state index in [0.29, 0.717) is 12.2 Å². The number of tetrazole rings is 1. The van der Waals surface area contributed by atoms with Crippen molar-refractivity contribution in [1.29, 1.82) is 0 Å². The summed E-state index contributed by atoms with van der Waals surface area (Å²) in [7, 11) is 1.74. The largest absolute Gasteiger partial charge is 0.396 e. The Morgan fingerprint density at radius 2 is 2.07 bits per heavy atom. The Morgan fingerprint density at radius 1 is 1.43 bits per heavy atom. The number of hydrogen-bond acceptors (Lipinski definition) is 4. The SMILES string of the molecule is Cn1nnc(CC(CO)C(C)(C)C)n1. The summed E-state index contributed by atoms with van der Waals surface area (Å²) in [4.78, 5) is 1.44. The number of aliphatic hydroxyl groups is 1. The van der Waals surface area contributed by atoms with Crippen LogP contribution >= 0.6 is 0 Å². The zero-order valence-corrected chi connectivity index (χ0v) is 9.23. The molecule has 5 nitrogen and oxygen atoms in total. The summed E-state index contributed by atoms with van der Waals surface area (Å²) in [5.74, 6) is 0.869. The van der Waals surface area contributed by atoms with Gasteiger partial charge in [-0.25, -0.2) is 0 Å². The first-order chi connectivity index (χ1) is 6.43. The maximum atomic E-state index is 9.25. The number of aromatic nitrogens is 4. The van der Waals surface area contributed by atoms with Gasteiger partial charge >= 0.3 is 0 Å². The van der Waals surface area contributed by atoms with Gasteiger partial charge in [-0.3, -0.25) is 0 Å². The van der Waals surface area contributed by atoms with Crippen molar-refractivity contribution < 1.29 is 5.11 Å². The van der Waals surface area contributed by atoms with Gasteiger partial charge in [-0.2, -0.15) is 4.80 Å². The van der Waals surface area contributed by atoms with Crippen molar-refractivity contribution in [3.8, 4) is 0 Å². The average Bonchev–Trinajstić information content (AvgIpc) is 2.45. The van der Waals surface area contributed by atoms with E-state index in [1.54, 1.807) is 7.05 Å². The molecule has 5 heteroatoms. The quantitative estimate of drug-likeness (QED) is 0.764. The Kier molecular flexibility index (Phi) is 3.21. The van der Waals surface area contributed by atoms with Crippen molar-refractivity contribution in [2.75, 3.05) is 6.61 Å². The molecule has 0 radical (unpaired) electrons. The molecule has 1 N–H and O–H groups in total. The summed E-state index contributed by atoms with van der Waals surface area (Å²) in [6, 6.07) is 0. The van der Waals surface area contributed by atoms with Gasteiger partial charge in [0.15, 0.2) is 5.82 Å². The number of aryl methyl sites for hydroxylation is 1. The van der Waals surface area contributed by atoms with Crippen molar-refractivity contribution >= 4 is 0 Å². The second-order valence-corrected chi connectivity index (χ2v) is 4.64. The Balaban J connectivity index is 2.66. The zero-order chi connectivity index (χ0) is 10.8. The second kappa shape index (κ2) is 4.04. The molecule has 0 amide bonds.